The zero-order valence-electron chi connectivity index (χ0n) is 21.6. The van der Waals surface area contributed by atoms with Crippen molar-refractivity contribution in [1.29, 1.82) is 0 Å². The van der Waals surface area contributed by atoms with Gasteiger partial charge < -0.3 is 11.1 Å². The molecule has 0 aliphatic carbocycles. The molecule has 0 aliphatic heterocycles. The molecule has 0 saturated heterocycles. The summed E-state index contributed by atoms with van der Waals surface area (Å²) in [5.41, 5.74) is 11.1. The molecule has 0 fully saturated rings. The fourth-order valence-electron chi connectivity index (χ4n) is 4.27. The molecule has 2 heterocycles. The van der Waals surface area contributed by atoms with Gasteiger partial charge >= 0.3 is 6.18 Å². The van der Waals surface area contributed by atoms with E-state index < -0.39 is 11.7 Å². The molecule has 1 amide bonds. The fourth-order valence-corrected chi connectivity index (χ4v) is 4.27. The molecule has 204 valence electrons. The van der Waals surface area contributed by atoms with Gasteiger partial charge in [-0.3, -0.25) is 4.79 Å². The maximum Gasteiger partial charge on any atom is 0.416 e. The number of rotatable bonds is 8. The van der Waals surface area contributed by atoms with Gasteiger partial charge in [-0.2, -0.15) is 18.3 Å². The summed E-state index contributed by atoms with van der Waals surface area (Å²) in [5.74, 6) is -0.0778. The van der Waals surface area contributed by atoms with E-state index in [1.165, 1.54) is 12.1 Å². The topological polar surface area (TPSA) is 104 Å². The van der Waals surface area contributed by atoms with Gasteiger partial charge in [0.25, 0.3) is 0 Å². The van der Waals surface area contributed by atoms with E-state index in [2.05, 4.69) is 15.6 Å². The first-order valence-corrected chi connectivity index (χ1v) is 12.5. The lowest BCUT2D eigenvalue weighted by Crippen LogP contribution is -2.18. The normalized spacial score (nSPS) is 11.5. The summed E-state index contributed by atoms with van der Waals surface area (Å²) in [6.45, 7) is 0.297. The molecule has 8 nitrogen and oxygen atoms in total. The third-order valence-electron chi connectivity index (χ3n) is 6.48. The molecule has 0 spiro atoms. The monoisotopic (exact) mass is 545 g/mol. The molecular weight excluding hydrogens is 519 g/mol. The maximum atomic E-state index is 12.9. The number of nitrogens with one attached hydrogen (secondary N) is 1. The third kappa shape index (κ3) is 5.79. The van der Waals surface area contributed by atoms with E-state index in [9.17, 15) is 18.0 Å². The highest BCUT2D eigenvalue weighted by atomic mass is 19.4. The van der Waals surface area contributed by atoms with Crippen LogP contribution in [0.3, 0.4) is 0 Å². The SMILES string of the molecule is CNC(=O)CCc1cc(-c2ccc(-c3ccc(C(F)(F)F)cc3)cc2)n(-c2ccc(-n3cc(CN)nn3)cc2)n1. The Morgan fingerprint density at radius 1 is 0.875 bits per heavy atom. The number of carbonyl (C=O) groups excluding carboxylic acids is 1. The van der Waals surface area contributed by atoms with E-state index in [1.807, 2.05) is 59.3 Å². The number of halogens is 3. The second-order valence-corrected chi connectivity index (χ2v) is 9.13. The van der Waals surface area contributed by atoms with E-state index in [0.717, 1.165) is 46.0 Å². The van der Waals surface area contributed by atoms with E-state index >= 15 is 0 Å². The van der Waals surface area contributed by atoms with E-state index in [-0.39, 0.29) is 5.91 Å². The number of amides is 1. The minimum Gasteiger partial charge on any atom is -0.359 e. The van der Waals surface area contributed by atoms with Crippen molar-refractivity contribution >= 4 is 5.91 Å². The Hall–Kier alpha value is -4.77. The number of carbonyl (C=O) groups is 1. The van der Waals surface area contributed by atoms with E-state index in [1.54, 1.807) is 17.9 Å². The first-order valence-electron chi connectivity index (χ1n) is 12.5. The van der Waals surface area contributed by atoms with Gasteiger partial charge in [-0.05, 0) is 53.6 Å². The number of benzene rings is 3. The molecule has 2 aromatic heterocycles. The number of nitrogens with zero attached hydrogens (tertiary/aromatic N) is 5. The van der Waals surface area contributed by atoms with Gasteiger partial charge in [0.15, 0.2) is 0 Å². The van der Waals surface area contributed by atoms with Gasteiger partial charge in [0.05, 0.1) is 40.2 Å². The zero-order chi connectivity index (χ0) is 28.3. The minimum atomic E-state index is -4.38. The highest BCUT2D eigenvalue weighted by molar-refractivity contribution is 5.76. The standard InChI is InChI=1S/C29H26F3N7O/c1-34-28(40)15-10-23-16-27(21-4-2-19(3-5-21)20-6-8-22(9-7-20)29(30,31)32)39(36-23)26-13-11-25(12-14-26)38-18-24(17-33)35-37-38/h2-9,11-14,16,18H,10,15,17,33H2,1H3,(H,34,40). The van der Waals surface area contributed by atoms with Crippen molar-refractivity contribution in [3.05, 3.63) is 102 Å². The van der Waals surface area contributed by atoms with Crippen molar-refractivity contribution in [1.82, 2.24) is 30.1 Å². The predicted molar refractivity (Wildman–Crippen MR) is 145 cm³/mol. The summed E-state index contributed by atoms with van der Waals surface area (Å²) >= 11 is 0. The minimum absolute atomic E-state index is 0.0778. The summed E-state index contributed by atoms with van der Waals surface area (Å²) in [4.78, 5) is 11.8. The molecule has 40 heavy (non-hydrogen) atoms. The average molecular weight is 546 g/mol. The summed E-state index contributed by atoms with van der Waals surface area (Å²) in [7, 11) is 1.59. The van der Waals surface area contributed by atoms with Crippen LogP contribution in [0.5, 0.6) is 0 Å². The summed E-state index contributed by atoms with van der Waals surface area (Å²) in [6.07, 6.45) is -1.85. The highest BCUT2D eigenvalue weighted by Gasteiger charge is 2.30. The first kappa shape index (κ1) is 26.8. The fraction of sp³-hybridized carbons (Fsp3) is 0.172. The summed E-state index contributed by atoms with van der Waals surface area (Å²) in [6, 6.07) is 22.2. The maximum absolute atomic E-state index is 12.9. The molecule has 11 heteroatoms. The third-order valence-corrected chi connectivity index (χ3v) is 6.48. The average Bonchev–Trinajstić information content (AvgIpc) is 3.63. The van der Waals surface area contributed by atoms with Crippen LogP contribution < -0.4 is 11.1 Å². The lowest BCUT2D eigenvalue weighted by Gasteiger charge is -2.10. The van der Waals surface area contributed by atoms with Crippen LogP contribution in [-0.2, 0) is 23.9 Å². The van der Waals surface area contributed by atoms with Crippen molar-refractivity contribution in [2.24, 2.45) is 5.73 Å². The van der Waals surface area contributed by atoms with Crippen LogP contribution in [0.1, 0.15) is 23.4 Å². The molecular formula is C29H26F3N7O. The Morgan fingerprint density at radius 3 is 2.05 bits per heavy atom. The van der Waals surface area contributed by atoms with Gasteiger partial charge in [0.2, 0.25) is 5.91 Å². The van der Waals surface area contributed by atoms with Crippen LogP contribution in [0.25, 0.3) is 33.8 Å². The second-order valence-electron chi connectivity index (χ2n) is 9.13. The zero-order valence-corrected chi connectivity index (χ0v) is 21.6. The van der Waals surface area contributed by atoms with Gasteiger partial charge in [-0.25, -0.2) is 9.36 Å². The van der Waals surface area contributed by atoms with E-state index in [4.69, 9.17) is 10.8 Å². The molecule has 0 radical (unpaired) electrons. The summed E-state index contributed by atoms with van der Waals surface area (Å²) < 4.78 is 42.3. The largest absolute Gasteiger partial charge is 0.416 e. The Morgan fingerprint density at radius 2 is 1.48 bits per heavy atom. The molecule has 0 saturated carbocycles. The number of alkyl halides is 3. The Balaban J connectivity index is 1.46. The van der Waals surface area contributed by atoms with Crippen molar-refractivity contribution < 1.29 is 18.0 Å². The van der Waals surface area contributed by atoms with Crippen LogP contribution in [0.15, 0.2) is 85.1 Å². The van der Waals surface area contributed by atoms with Crippen molar-refractivity contribution in [3.63, 3.8) is 0 Å². The lowest BCUT2D eigenvalue weighted by atomic mass is 10.0. The van der Waals surface area contributed by atoms with E-state index in [0.29, 0.717) is 30.6 Å². The Kier molecular flexibility index (Phi) is 7.47. The molecule has 5 aromatic rings. The molecule has 3 aromatic carbocycles. The second kappa shape index (κ2) is 11.1. The number of nitrogens with two attached hydrogens (primary N) is 1. The molecule has 0 atom stereocenters. The van der Waals surface area contributed by atoms with Gasteiger partial charge in [0.1, 0.15) is 0 Å². The summed E-state index contributed by atoms with van der Waals surface area (Å²) in [5, 5.41) is 15.5. The van der Waals surface area contributed by atoms with Gasteiger partial charge in [-0.1, -0.05) is 41.6 Å². The lowest BCUT2D eigenvalue weighted by molar-refractivity contribution is -0.137. The number of aryl methyl sites for hydroxylation is 1. The molecule has 5 rings (SSSR count). The molecule has 3 N–H and O–H groups in total. The van der Waals surface area contributed by atoms with Crippen LogP contribution in [-0.4, -0.2) is 37.7 Å². The number of hydrogen-bond acceptors (Lipinski definition) is 5. The number of hydrogen-bond donors (Lipinski definition) is 2. The smallest absolute Gasteiger partial charge is 0.359 e. The quantitative estimate of drug-likeness (QED) is 0.287. The number of aromatic nitrogens is 5. The Labute approximate surface area is 228 Å². The molecule has 0 bridgehead atoms. The van der Waals surface area contributed by atoms with Crippen molar-refractivity contribution in [2.45, 2.75) is 25.6 Å². The van der Waals surface area contributed by atoms with Crippen LogP contribution in [0.4, 0.5) is 13.2 Å². The van der Waals surface area contributed by atoms with Crippen molar-refractivity contribution in [2.75, 3.05) is 7.05 Å². The molecule has 0 unspecified atom stereocenters. The van der Waals surface area contributed by atoms with Gasteiger partial charge in [-0.15, -0.1) is 5.10 Å². The molecule has 0 aliphatic rings. The van der Waals surface area contributed by atoms with Crippen molar-refractivity contribution in [3.8, 4) is 33.8 Å². The van der Waals surface area contributed by atoms with Gasteiger partial charge in [0, 0.05) is 32.0 Å². The van der Waals surface area contributed by atoms with Crippen LogP contribution >= 0.6 is 0 Å². The first-order chi connectivity index (χ1) is 19.2. The van der Waals surface area contributed by atoms with Crippen LogP contribution in [0, 0.1) is 0 Å². The highest BCUT2D eigenvalue weighted by Crippen LogP contribution is 2.32. The van der Waals surface area contributed by atoms with Crippen LogP contribution in [0.2, 0.25) is 0 Å². The predicted octanol–water partition coefficient (Wildman–Crippen LogP) is 4.94. The Bertz CT molecular complexity index is 1600.